The number of benzene rings is 2. The SMILES string of the molecule is COc1cccc(-n2c(C)cc(/C=C(\C#N)C(=O)N[C@@H](C)c3ccccc3)c2C)c1. The summed E-state index contributed by atoms with van der Waals surface area (Å²) in [5.74, 6) is 0.379. The van der Waals surface area contributed by atoms with Crippen LogP contribution in [-0.4, -0.2) is 17.6 Å². The van der Waals surface area contributed by atoms with Crippen molar-refractivity contribution in [3.05, 3.63) is 88.8 Å². The van der Waals surface area contributed by atoms with Crippen LogP contribution in [0.3, 0.4) is 0 Å². The van der Waals surface area contributed by atoms with Crippen molar-refractivity contribution in [1.82, 2.24) is 9.88 Å². The first-order valence-corrected chi connectivity index (χ1v) is 9.75. The van der Waals surface area contributed by atoms with Crippen molar-refractivity contribution < 1.29 is 9.53 Å². The number of amides is 1. The van der Waals surface area contributed by atoms with E-state index in [1.54, 1.807) is 13.2 Å². The number of hydrogen-bond donors (Lipinski definition) is 1. The van der Waals surface area contributed by atoms with E-state index in [0.29, 0.717) is 0 Å². The van der Waals surface area contributed by atoms with Crippen LogP contribution in [0.1, 0.15) is 35.5 Å². The predicted octanol–water partition coefficient (Wildman–Crippen LogP) is 4.89. The van der Waals surface area contributed by atoms with E-state index in [1.165, 1.54) is 0 Å². The van der Waals surface area contributed by atoms with Gasteiger partial charge in [-0.05, 0) is 56.2 Å². The van der Waals surface area contributed by atoms with Crippen LogP contribution in [0.4, 0.5) is 0 Å². The number of nitrogens with one attached hydrogen (secondary N) is 1. The van der Waals surface area contributed by atoms with Gasteiger partial charge in [-0.2, -0.15) is 5.26 Å². The fourth-order valence-corrected chi connectivity index (χ4v) is 3.48. The molecule has 5 heteroatoms. The molecule has 1 aromatic heterocycles. The summed E-state index contributed by atoms with van der Waals surface area (Å²) >= 11 is 0. The number of aryl methyl sites for hydroxylation is 1. The van der Waals surface area contributed by atoms with Crippen LogP contribution >= 0.6 is 0 Å². The third-order valence-corrected chi connectivity index (χ3v) is 5.09. The highest BCUT2D eigenvalue weighted by Gasteiger charge is 2.16. The lowest BCUT2D eigenvalue weighted by Crippen LogP contribution is -2.27. The van der Waals surface area contributed by atoms with Gasteiger partial charge in [0.2, 0.25) is 0 Å². The van der Waals surface area contributed by atoms with E-state index in [9.17, 15) is 10.1 Å². The molecule has 0 spiro atoms. The number of carbonyl (C=O) groups excluding carboxylic acids is 1. The molecule has 5 nitrogen and oxygen atoms in total. The fourth-order valence-electron chi connectivity index (χ4n) is 3.48. The standard InChI is InChI=1S/C25H25N3O2/c1-17-13-21(19(3)28(17)23-11-8-12-24(15-23)30-4)14-22(16-26)25(29)27-18(2)20-9-6-5-7-10-20/h5-15,18H,1-4H3,(H,27,29)/b22-14+/t18-/m0/s1. The second-order valence-corrected chi connectivity index (χ2v) is 7.14. The molecule has 0 aliphatic rings. The second-order valence-electron chi connectivity index (χ2n) is 7.14. The van der Waals surface area contributed by atoms with Gasteiger partial charge >= 0.3 is 0 Å². The number of aromatic nitrogens is 1. The summed E-state index contributed by atoms with van der Waals surface area (Å²) in [5.41, 5.74) is 4.79. The molecular formula is C25H25N3O2. The van der Waals surface area contributed by atoms with E-state index < -0.39 is 0 Å². The zero-order valence-electron chi connectivity index (χ0n) is 17.6. The molecule has 2 aromatic carbocycles. The van der Waals surface area contributed by atoms with Gasteiger partial charge in [-0.3, -0.25) is 4.79 Å². The van der Waals surface area contributed by atoms with E-state index in [-0.39, 0.29) is 17.5 Å². The highest BCUT2D eigenvalue weighted by Crippen LogP contribution is 2.25. The van der Waals surface area contributed by atoms with E-state index in [4.69, 9.17) is 4.74 Å². The third-order valence-electron chi connectivity index (χ3n) is 5.09. The molecule has 0 bridgehead atoms. The number of carbonyl (C=O) groups is 1. The normalized spacial score (nSPS) is 12.2. The monoisotopic (exact) mass is 399 g/mol. The lowest BCUT2D eigenvalue weighted by molar-refractivity contribution is -0.117. The highest BCUT2D eigenvalue weighted by molar-refractivity contribution is 6.02. The Labute approximate surface area is 177 Å². The Bertz CT molecular complexity index is 1120. The molecule has 0 fully saturated rings. The minimum absolute atomic E-state index is 0.0728. The van der Waals surface area contributed by atoms with Gasteiger partial charge in [-0.1, -0.05) is 36.4 Å². The Morgan fingerprint density at radius 2 is 1.87 bits per heavy atom. The van der Waals surface area contributed by atoms with Gasteiger partial charge < -0.3 is 14.6 Å². The summed E-state index contributed by atoms with van der Waals surface area (Å²) in [6.07, 6.45) is 1.64. The Hall–Kier alpha value is -3.78. The minimum atomic E-state index is -0.389. The van der Waals surface area contributed by atoms with Crippen LogP contribution in [0.15, 0.2) is 66.2 Å². The zero-order chi connectivity index (χ0) is 21.7. The molecule has 30 heavy (non-hydrogen) atoms. The van der Waals surface area contributed by atoms with Crippen molar-refractivity contribution >= 4 is 12.0 Å². The first kappa shape index (κ1) is 20.9. The van der Waals surface area contributed by atoms with Gasteiger partial charge in [-0.25, -0.2) is 0 Å². The maximum atomic E-state index is 12.7. The van der Waals surface area contributed by atoms with Crippen LogP contribution in [-0.2, 0) is 4.79 Å². The summed E-state index contributed by atoms with van der Waals surface area (Å²) in [6.45, 7) is 5.86. The van der Waals surface area contributed by atoms with Crippen LogP contribution in [0.2, 0.25) is 0 Å². The van der Waals surface area contributed by atoms with Gasteiger partial charge in [0, 0.05) is 23.1 Å². The summed E-state index contributed by atoms with van der Waals surface area (Å²) in [7, 11) is 1.64. The number of methoxy groups -OCH3 is 1. The molecule has 0 unspecified atom stereocenters. The molecule has 0 radical (unpaired) electrons. The van der Waals surface area contributed by atoms with Gasteiger partial charge in [0.05, 0.1) is 13.2 Å². The topological polar surface area (TPSA) is 67.0 Å². The molecule has 0 aliphatic heterocycles. The first-order chi connectivity index (χ1) is 14.4. The van der Waals surface area contributed by atoms with Crippen molar-refractivity contribution in [1.29, 1.82) is 5.26 Å². The average molecular weight is 399 g/mol. The molecule has 0 saturated carbocycles. The van der Waals surface area contributed by atoms with Crippen LogP contribution in [0, 0.1) is 25.2 Å². The molecule has 1 amide bonds. The van der Waals surface area contributed by atoms with Gasteiger partial charge in [-0.15, -0.1) is 0 Å². The zero-order valence-corrected chi connectivity index (χ0v) is 17.6. The summed E-state index contributed by atoms with van der Waals surface area (Å²) in [4.78, 5) is 12.7. The molecule has 3 aromatic rings. The Kier molecular flexibility index (Phi) is 6.38. The molecule has 0 aliphatic carbocycles. The lowest BCUT2D eigenvalue weighted by atomic mass is 10.1. The summed E-state index contributed by atoms with van der Waals surface area (Å²) < 4.78 is 7.41. The third kappa shape index (κ3) is 4.44. The largest absolute Gasteiger partial charge is 0.497 e. The minimum Gasteiger partial charge on any atom is -0.497 e. The second kappa shape index (κ2) is 9.15. The van der Waals surface area contributed by atoms with Gasteiger partial charge in [0.1, 0.15) is 17.4 Å². The first-order valence-electron chi connectivity index (χ1n) is 9.75. The van der Waals surface area contributed by atoms with Crippen LogP contribution < -0.4 is 10.1 Å². The molecule has 0 saturated heterocycles. The smallest absolute Gasteiger partial charge is 0.262 e. The molecule has 1 atom stereocenters. The maximum absolute atomic E-state index is 12.7. The van der Waals surface area contributed by atoms with E-state index in [2.05, 4.69) is 9.88 Å². The van der Waals surface area contributed by atoms with E-state index >= 15 is 0 Å². The maximum Gasteiger partial charge on any atom is 0.262 e. The van der Waals surface area contributed by atoms with Crippen LogP contribution in [0.25, 0.3) is 11.8 Å². The van der Waals surface area contributed by atoms with Crippen molar-refractivity contribution in [2.45, 2.75) is 26.8 Å². The lowest BCUT2D eigenvalue weighted by Gasteiger charge is -2.14. The summed E-state index contributed by atoms with van der Waals surface area (Å²) in [6, 6.07) is 21.3. The quantitative estimate of drug-likeness (QED) is 0.474. The van der Waals surface area contributed by atoms with Gasteiger partial charge in [0.15, 0.2) is 0 Å². The molecular weight excluding hydrogens is 374 g/mol. The molecule has 152 valence electrons. The number of nitriles is 1. The number of nitrogens with zero attached hydrogens (tertiary/aromatic N) is 2. The molecule has 1 N–H and O–H groups in total. The van der Waals surface area contributed by atoms with Gasteiger partial charge in [0.25, 0.3) is 5.91 Å². The van der Waals surface area contributed by atoms with E-state index in [1.807, 2.05) is 87.5 Å². The average Bonchev–Trinajstić information content (AvgIpc) is 3.05. The predicted molar refractivity (Wildman–Crippen MR) is 118 cm³/mol. The van der Waals surface area contributed by atoms with Crippen molar-refractivity contribution in [3.8, 4) is 17.5 Å². The Morgan fingerprint density at radius 3 is 2.53 bits per heavy atom. The van der Waals surface area contributed by atoms with E-state index in [0.717, 1.165) is 34.0 Å². The number of hydrogen-bond acceptors (Lipinski definition) is 3. The Balaban J connectivity index is 1.89. The fraction of sp³-hybridized carbons (Fsp3) is 0.200. The van der Waals surface area contributed by atoms with Crippen LogP contribution in [0.5, 0.6) is 5.75 Å². The van der Waals surface area contributed by atoms with Crippen molar-refractivity contribution in [2.75, 3.05) is 7.11 Å². The Morgan fingerprint density at radius 1 is 1.13 bits per heavy atom. The number of rotatable bonds is 6. The number of ether oxygens (including phenoxy) is 1. The molecule has 1 heterocycles. The van der Waals surface area contributed by atoms with Crippen molar-refractivity contribution in [2.24, 2.45) is 0 Å². The van der Waals surface area contributed by atoms with Crippen molar-refractivity contribution in [3.63, 3.8) is 0 Å². The molecule has 3 rings (SSSR count). The summed E-state index contributed by atoms with van der Waals surface area (Å²) in [5, 5.41) is 12.5. The highest BCUT2D eigenvalue weighted by atomic mass is 16.5.